The van der Waals surface area contributed by atoms with Crippen LogP contribution in [0.5, 0.6) is 0 Å². The number of carbonyl (C=O) groups is 2. The summed E-state index contributed by atoms with van der Waals surface area (Å²) in [6, 6.07) is 8.74. The highest BCUT2D eigenvalue weighted by Gasteiger charge is 2.30. The molecule has 1 unspecified atom stereocenters. The summed E-state index contributed by atoms with van der Waals surface area (Å²) in [4.78, 5) is 26.0. The fourth-order valence-corrected chi connectivity index (χ4v) is 2.24. The number of amides is 2. The minimum atomic E-state index is -0.590. The van der Waals surface area contributed by atoms with Crippen molar-refractivity contribution in [2.24, 2.45) is 0 Å². The summed E-state index contributed by atoms with van der Waals surface area (Å²) in [5.74, 6) is -0.159. The number of nitrogens with one attached hydrogen (secondary N) is 1. The zero-order chi connectivity index (χ0) is 14.4. The van der Waals surface area contributed by atoms with Crippen molar-refractivity contribution in [3.8, 4) is 0 Å². The second-order valence-corrected chi connectivity index (χ2v) is 4.68. The smallest absolute Gasteiger partial charge is 0.249 e. The van der Waals surface area contributed by atoms with Crippen LogP contribution < -0.4 is 5.32 Å². The van der Waals surface area contributed by atoms with Crippen LogP contribution in [0, 0.1) is 0 Å². The Labute approximate surface area is 118 Å². The fourth-order valence-electron chi connectivity index (χ4n) is 2.24. The molecule has 0 spiro atoms. The van der Waals surface area contributed by atoms with E-state index in [1.807, 2.05) is 37.3 Å². The molecule has 1 fully saturated rings. The van der Waals surface area contributed by atoms with E-state index in [-0.39, 0.29) is 11.8 Å². The van der Waals surface area contributed by atoms with Gasteiger partial charge in [0.25, 0.3) is 0 Å². The summed E-state index contributed by atoms with van der Waals surface area (Å²) < 4.78 is 5.29. The van der Waals surface area contributed by atoms with E-state index in [0.717, 1.165) is 5.56 Å². The van der Waals surface area contributed by atoms with E-state index in [0.29, 0.717) is 32.7 Å². The Bertz CT molecular complexity index is 461. The lowest BCUT2D eigenvalue weighted by molar-refractivity contribution is -0.134. The zero-order valence-electron chi connectivity index (χ0n) is 11.7. The molecule has 108 valence electrons. The van der Waals surface area contributed by atoms with Gasteiger partial charge >= 0.3 is 0 Å². The maximum Gasteiger partial charge on any atom is 0.249 e. The lowest BCUT2D eigenvalue weighted by Crippen LogP contribution is -2.40. The van der Waals surface area contributed by atoms with Gasteiger partial charge in [-0.3, -0.25) is 9.59 Å². The normalized spacial score (nSPS) is 19.6. The number of benzene rings is 1. The molecule has 0 saturated carbocycles. The molecule has 1 atom stereocenters. The Morgan fingerprint density at radius 3 is 2.75 bits per heavy atom. The van der Waals surface area contributed by atoms with Gasteiger partial charge in [-0.05, 0) is 12.5 Å². The average molecular weight is 276 g/mol. The van der Waals surface area contributed by atoms with E-state index >= 15 is 0 Å². The van der Waals surface area contributed by atoms with Crippen molar-refractivity contribution in [2.45, 2.75) is 19.4 Å². The molecule has 0 radical (unpaired) electrons. The minimum absolute atomic E-state index is 0.0678. The molecular weight excluding hydrogens is 256 g/mol. The molecule has 0 bridgehead atoms. The van der Waals surface area contributed by atoms with Crippen molar-refractivity contribution in [3.63, 3.8) is 0 Å². The second kappa shape index (κ2) is 7.05. The molecule has 5 heteroatoms. The Morgan fingerprint density at radius 1 is 1.30 bits per heavy atom. The molecular formula is C15H20N2O3. The number of hydrogen-bond acceptors (Lipinski definition) is 3. The Kier molecular flexibility index (Phi) is 5.12. The first-order valence-electron chi connectivity index (χ1n) is 6.93. The number of carbonyl (C=O) groups excluding carboxylic acids is 2. The summed E-state index contributed by atoms with van der Waals surface area (Å²) >= 11 is 0. The zero-order valence-corrected chi connectivity index (χ0v) is 11.7. The van der Waals surface area contributed by atoms with Crippen molar-refractivity contribution >= 4 is 11.8 Å². The molecule has 2 amide bonds. The SMILES string of the molecule is CCOCCN1CCC(=O)NC(c2ccccc2)C1=O. The van der Waals surface area contributed by atoms with E-state index in [1.165, 1.54) is 0 Å². The van der Waals surface area contributed by atoms with Gasteiger partial charge in [0, 0.05) is 26.1 Å². The summed E-state index contributed by atoms with van der Waals surface area (Å²) in [6.07, 6.45) is 0.335. The number of nitrogens with zero attached hydrogens (tertiary/aromatic N) is 1. The average Bonchev–Trinajstić information content (AvgIpc) is 2.61. The Hall–Kier alpha value is -1.88. The monoisotopic (exact) mass is 276 g/mol. The van der Waals surface area contributed by atoms with Crippen molar-refractivity contribution in [1.29, 1.82) is 0 Å². The van der Waals surface area contributed by atoms with Gasteiger partial charge in [-0.15, -0.1) is 0 Å². The molecule has 1 heterocycles. The molecule has 1 saturated heterocycles. The molecule has 1 aliphatic heterocycles. The van der Waals surface area contributed by atoms with Crippen molar-refractivity contribution < 1.29 is 14.3 Å². The molecule has 1 aromatic rings. The molecule has 0 aliphatic carbocycles. The van der Waals surface area contributed by atoms with Crippen LogP contribution in [0.3, 0.4) is 0 Å². The van der Waals surface area contributed by atoms with Crippen LogP contribution in [-0.2, 0) is 14.3 Å². The lowest BCUT2D eigenvalue weighted by Gasteiger charge is -2.24. The summed E-state index contributed by atoms with van der Waals surface area (Å²) in [7, 11) is 0. The molecule has 2 rings (SSSR count). The van der Waals surface area contributed by atoms with Gasteiger partial charge in [0.15, 0.2) is 0 Å². The summed E-state index contributed by atoms with van der Waals surface area (Å²) in [6.45, 7) is 4.01. The van der Waals surface area contributed by atoms with Crippen LogP contribution in [0.2, 0.25) is 0 Å². The first kappa shape index (κ1) is 14.5. The van der Waals surface area contributed by atoms with Crippen LogP contribution >= 0.6 is 0 Å². The van der Waals surface area contributed by atoms with Gasteiger partial charge in [0.05, 0.1) is 6.61 Å². The molecule has 5 nitrogen and oxygen atoms in total. The third-order valence-electron chi connectivity index (χ3n) is 3.32. The Balaban J connectivity index is 2.13. The van der Waals surface area contributed by atoms with Crippen LogP contribution in [-0.4, -0.2) is 43.0 Å². The van der Waals surface area contributed by atoms with Gasteiger partial charge in [0.1, 0.15) is 6.04 Å². The van der Waals surface area contributed by atoms with Crippen LogP contribution in [0.4, 0.5) is 0 Å². The predicted molar refractivity (Wildman–Crippen MR) is 75.0 cm³/mol. The lowest BCUT2D eigenvalue weighted by atomic mass is 10.1. The minimum Gasteiger partial charge on any atom is -0.380 e. The van der Waals surface area contributed by atoms with E-state index in [1.54, 1.807) is 4.90 Å². The van der Waals surface area contributed by atoms with Crippen LogP contribution in [0.15, 0.2) is 30.3 Å². The highest BCUT2D eigenvalue weighted by atomic mass is 16.5. The summed E-state index contributed by atoms with van der Waals surface area (Å²) in [5.41, 5.74) is 0.814. The first-order chi connectivity index (χ1) is 9.72. The number of ether oxygens (including phenoxy) is 1. The fraction of sp³-hybridized carbons (Fsp3) is 0.467. The topological polar surface area (TPSA) is 58.6 Å². The highest BCUT2D eigenvalue weighted by Crippen LogP contribution is 2.18. The van der Waals surface area contributed by atoms with Crippen LogP contribution in [0.25, 0.3) is 0 Å². The second-order valence-electron chi connectivity index (χ2n) is 4.68. The maximum absolute atomic E-state index is 12.5. The van der Waals surface area contributed by atoms with Gasteiger partial charge in [0.2, 0.25) is 11.8 Å². The molecule has 1 aromatic carbocycles. The Morgan fingerprint density at radius 2 is 2.05 bits per heavy atom. The third kappa shape index (κ3) is 3.57. The van der Waals surface area contributed by atoms with Gasteiger partial charge < -0.3 is 15.0 Å². The van der Waals surface area contributed by atoms with E-state index in [4.69, 9.17) is 4.74 Å². The highest BCUT2D eigenvalue weighted by molar-refractivity contribution is 5.90. The summed E-state index contributed by atoms with van der Waals surface area (Å²) in [5, 5.41) is 2.79. The third-order valence-corrected chi connectivity index (χ3v) is 3.32. The predicted octanol–water partition coefficient (Wildman–Crippen LogP) is 1.11. The largest absolute Gasteiger partial charge is 0.380 e. The maximum atomic E-state index is 12.5. The number of hydrogen-bond donors (Lipinski definition) is 1. The van der Waals surface area contributed by atoms with Crippen molar-refractivity contribution in [1.82, 2.24) is 10.2 Å². The molecule has 1 aliphatic rings. The van der Waals surface area contributed by atoms with E-state index < -0.39 is 6.04 Å². The van der Waals surface area contributed by atoms with Gasteiger partial charge in [-0.2, -0.15) is 0 Å². The van der Waals surface area contributed by atoms with E-state index in [2.05, 4.69) is 5.32 Å². The number of rotatable bonds is 5. The van der Waals surface area contributed by atoms with Gasteiger partial charge in [-0.1, -0.05) is 30.3 Å². The van der Waals surface area contributed by atoms with E-state index in [9.17, 15) is 9.59 Å². The molecule has 0 aromatic heterocycles. The molecule has 1 N–H and O–H groups in total. The molecule has 20 heavy (non-hydrogen) atoms. The standard InChI is InChI=1S/C15H20N2O3/c1-2-20-11-10-17-9-8-13(18)16-14(15(17)19)12-6-4-3-5-7-12/h3-7,14H,2,8-11H2,1H3,(H,16,18). The van der Waals surface area contributed by atoms with Crippen LogP contribution in [0.1, 0.15) is 24.9 Å². The first-order valence-corrected chi connectivity index (χ1v) is 6.93. The van der Waals surface area contributed by atoms with Crippen molar-refractivity contribution in [2.75, 3.05) is 26.3 Å². The quantitative estimate of drug-likeness (QED) is 0.820. The van der Waals surface area contributed by atoms with Crippen molar-refractivity contribution in [3.05, 3.63) is 35.9 Å². The van der Waals surface area contributed by atoms with Gasteiger partial charge in [-0.25, -0.2) is 0 Å².